The van der Waals surface area contributed by atoms with E-state index < -0.39 is 24.0 Å². The number of carbonyl (C=O) groups is 1. The zero-order chi connectivity index (χ0) is 13.7. The van der Waals surface area contributed by atoms with Crippen LogP contribution in [-0.2, 0) is 4.74 Å². The third-order valence-electron chi connectivity index (χ3n) is 2.52. The lowest BCUT2D eigenvalue weighted by Crippen LogP contribution is -2.29. The first-order valence-corrected chi connectivity index (χ1v) is 5.39. The zero-order valence-corrected chi connectivity index (χ0v) is 10.2. The monoisotopic (exact) mass is 257 g/mol. The van der Waals surface area contributed by atoms with Gasteiger partial charge in [0.2, 0.25) is 0 Å². The number of carbonyl (C=O) groups excluding carboxylic acids is 1. The Morgan fingerprint density at radius 2 is 2.17 bits per heavy atom. The van der Waals surface area contributed by atoms with Gasteiger partial charge >= 0.3 is 5.97 Å². The Bertz CT molecular complexity index is 425. The summed E-state index contributed by atoms with van der Waals surface area (Å²) in [5, 5.41) is 22.0. The predicted molar refractivity (Wildman–Crippen MR) is 62.6 cm³/mol. The maximum absolute atomic E-state index is 13.6. The summed E-state index contributed by atoms with van der Waals surface area (Å²) in [4.78, 5) is 11.2. The Morgan fingerprint density at radius 1 is 1.50 bits per heavy atom. The number of ether oxygens (including phenoxy) is 1. The van der Waals surface area contributed by atoms with Crippen LogP contribution in [-0.4, -0.2) is 43.0 Å². The summed E-state index contributed by atoms with van der Waals surface area (Å²) in [5.41, 5.74) is -0.0144. The van der Waals surface area contributed by atoms with Gasteiger partial charge in [0.15, 0.2) is 0 Å². The molecule has 0 saturated carbocycles. The second-order valence-electron chi connectivity index (χ2n) is 3.80. The average Bonchev–Trinajstić information content (AvgIpc) is 2.37. The summed E-state index contributed by atoms with van der Waals surface area (Å²) >= 11 is 0. The summed E-state index contributed by atoms with van der Waals surface area (Å²) in [6.07, 6.45) is -2.28. The molecule has 1 aromatic carbocycles. The van der Waals surface area contributed by atoms with Gasteiger partial charge in [0.25, 0.3) is 0 Å². The molecule has 0 bridgehead atoms. The SMILES string of the molecule is CNCC(O)C(O)c1ccc(C(=O)OC)c(F)c1. The molecule has 0 aromatic heterocycles. The molecule has 0 aliphatic carbocycles. The Labute approximate surface area is 104 Å². The Morgan fingerprint density at radius 3 is 2.67 bits per heavy atom. The summed E-state index contributed by atoms with van der Waals surface area (Å²) in [7, 11) is 2.78. The molecule has 100 valence electrons. The maximum atomic E-state index is 13.6. The fraction of sp³-hybridized carbons (Fsp3) is 0.417. The van der Waals surface area contributed by atoms with E-state index in [0.717, 1.165) is 13.2 Å². The van der Waals surface area contributed by atoms with Crippen LogP contribution in [0.1, 0.15) is 22.0 Å². The number of esters is 1. The van der Waals surface area contributed by atoms with Crippen molar-refractivity contribution < 1.29 is 24.1 Å². The standard InChI is InChI=1S/C12H16FNO4/c1-14-6-10(15)11(16)7-3-4-8(9(13)5-7)12(17)18-2/h3-5,10-11,14-16H,6H2,1-2H3. The van der Waals surface area contributed by atoms with Gasteiger partial charge in [-0.15, -0.1) is 0 Å². The Hall–Kier alpha value is -1.50. The van der Waals surface area contributed by atoms with E-state index in [-0.39, 0.29) is 17.7 Å². The highest BCUT2D eigenvalue weighted by Crippen LogP contribution is 2.20. The second kappa shape index (κ2) is 6.44. The average molecular weight is 257 g/mol. The quantitative estimate of drug-likeness (QED) is 0.658. The molecule has 0 amide bonds. The van der Waals surface area contributed by atoms with E-state index in [1.165, 1.54) is 12.1 Å². The number of rotatable bonds is 5. The van der Waals surface area contributed by atoms with Gasteiger partial charge in [-0.05, 0) is 24.7 Å². The molecule has 18 heavy (non-hydrogen) atoms. The second-order valence-corrected chi connectivity index (χ2v) is 3.80. The highest BCUT2D eigenvalue weighted by molar-refractivity contribution is 5.89. The number of hydrogen-bond acceptors (Lipinski definition) is 5. The summed E-state index contributed by atoms with van der Waals surface area (Å²) in [6, 6.07) is 3.60. The Kier molecular flexibility index (Phi) is 5.21. The van der Waals surface area contributed by atoms with Crippen molar-refractivity contribution in [3.8, 4) is 0 Å². The van der Waals surface area contributed by atoms with Crippen LogP contribution >= 0.6 is 0 Å². The molecule has 0 fully saturated rings. The van der Waals surface area contributed by atoms with Crippen molar-refractivity contribution >= 4 is 5.97 Å². The fourth-order valence-electron chi connectivity index (χ4n) is 1.53. The number of methoxy groups -OCH3 is 1. The van der Waals surface area contributed by atoms with E-state index in [9.17, 15) is 19.4 Å². The Balaban J connectivity index is 2.93. The molecule has 0 heterocycles. The lowest BCUT2D eigenvalue weighted by atomic mass is 10.0. The van der Waals surface area contributed by atoms with Crippen molar-refractivity contribution in [1.82, 2.24) is 5.32 Å². The number of nitrogens with one attached hydrogen (secondary N) is 1. The maximum Gasteiger partial charge on any atom is 0.340 e. The van der Waals surface area contributed by atoms with Gasteiger partial charge in [-0.2, -0.15) is 0 Å². The molecule has 1 aromatic rings. The molecule has 0 aliphatic heterocycles. The zero-order valence-electron chi connectivity index (χ0n) is 10.2. The normalized spacial score (nSPS) is 14.1. The lowest BCUT2D eigenvalue weighted by Gasteiger charge is -2.18. The number of benzene rings is 1. The third-order valence-corrected chi connectivity index (χ3v) is 2.52. The van der Waals surface area contributed by atoms with Crippen LogP contribution in [0.3, 0.4) is 0 Å². The molecule has 0 aliphatic rings. The van der Waals surface area contributed by atoms with E-state index in [0.29, 0.717) is 0 Å². The van der Waals surface area contributed by atoms with Gasteiger partial charge in [-0.25, -0.2) is 9.18 Å². The van der Waals surface area contributed by atoms with Crippen LogP contribution in [0.4, 0.5) is 4.39 Å². The van der Waals surface area contributed by atoms with Gasteiger partial charge in [-0.3, -0.25) is 0 Å². The number of hydrogen-bond donors (Lipinski definition) is 3. The highest BCUT2D eigenvalue weighted by Gasteiger charge is 2.20. The minimum Gasteiger partial charge on any atom is -0.465 e. The molecule has 3 N–H and O–H groups in total. The highest BCUT2D eigenvalue weighted by atomic mass is 19.1. The van der Waals surface area contributed by atoms with Gasteiger partial charge < -0.3 is 20.3 Å². The number of aliphatic hydroxyl groups is 2. The van der Waals surface area contributed by atoms with E-state index >= 15 is 0 Å². The van der Waals surface area contributed by atoms with Crippen LogP contribution in [0.2, 0.25) is 0 Å². The summed E-state index contributed by atoms with van der Waals surface area (Å²) < 4.78 is 18.0. The molecule has 0 radical (unpaired) electrons. The molecule has 1 rings (SSSR count). The van der Waals surface area contributed by atoms with Crippen LogP contribution in [0.15, 0.2) is 18.2 Å². The van der Waals surface area contributed by atoms with E-state index in [2.05, 4.69) is 10.1 Å². The van der Waals surface area contributed by atoms with Crippen molar-refractivity contribution in [1.29, 1.82) is 0 Å². The van der Waals surface area contributed by atoms with Gasteiger partial charge in [0.1, 0.15) is 11.9 Å². The first-order valence-electron chi connectivity index (χ1n) is 5.39. The molecule has 2 unspecified atom stereocenters. The number of halogens is 1. The molecule has 6 heteroatoms. The molecular formula is C12H16FNO4. The summed E-state index contributed by atoms with van der Waals surface area (Å²) in [5.74, 6) is -1.58. The molecular weight excluding hydrogens is 241 g/mol. The van der Waals surface area contributed by atoms with Gasteiger partial charge in [0, 0.05) is 6.54 Å². The minimum atomic E-state index is -1.22. The van der Waals surface area contributed by atoms with Crippen molar-refractivity contribution in [2.24, 2.45) is 0 Å². The smallest absolute Gasteiger partial charge is 0.340 e. The van der Waals surface area contributed by atoms with Crippen molar-refractivity contribution in [2.45, 2.75) is 12.2 Å². The number of aliphatic hydroxyl groups excluding tert-OH is 2. The number of likely N-dealkylation sites (N-methyl/N-ethyl adjacent to an activating group) is 1. The summed E-state index contributed by atoms with van der Waals surface area (Å²) in [6.45, 7) is 0.168. The fourth-order valence-corrected chi connectivity index (χ4v) is 1.53. The van der Waals surface area contributed by atoms with Gasteiger partial charge in [0.05, 0.1) is 18.8 Å². The van der Waals surface area contributed by atoms with Crippen LogP contribution in [0, 0.1) is 5.82 Å². The van der Waals surface area contributed by atoms with Crippen molar-refractivity contribution in [2.75, 3.05) is 20.7 Å². The third kappa shape index (κ3) is 3.25. The van der Waals surface area contributed by atoms with E-state index in [1.807, 2.05) is 0 Å². The first-order chi connectivity index (χ1) is 8.51. The van der Waals surface area contributed by atoms with Crippen LogP contribution in [0.5, 0.6) is 0 Å². The molecule has 0 spiro atoms. The predicted octanol–water partition coefficient (Wildman–Crippen LogP) is 0.226. The van der Waals surface area contributed by atoms with Crippen molar-refractivity contribution in [3.63, 3.8) is 0 Å². The van der Waals surface area contributed by atoms with Gasteiger partial charge in [-0.1, -0.05) is 6.07 Å². The van der Waals surface area contributed by atoms with Crippen molar-refractivity contribution in [3.05, 3.63) is 35.1 Å². The van der Waals surface area contributed by atoms with E-state index in [1.54, 1.807) is 7.05 Å². The molecule has 2 atom stereocenters. The van der Waals surface area contributed by atoms with E-state index in [4.69, 9.17) is 0 Å². The molecule has 5 nitrogen and oxygen atoms in total. The molecule has 0 saturated heterocycles. The van der Waals surface area contributed by atoms with Crippen LogP contribution in [0.25, 0.3) is 0 Å². The van der Waals surface area contributed by atoms with Crippen LogP contribution < -0.4 is 5.32 Å². The topological polar surface area (TPSA) is 78.8 Å². The largest absolute Gasteiger partial charge is 0.465 e. The lowest BCUT2D eigenvalue weighted by molar-refractivity contribution is 0.0200. The minimum absolute atomic E-state index is 0.168. The first kappa shape index (κ1) is 14.6.